The molecule has 1 fully saturated rings. The summed E-state index contributed by atoms with van der Waals surface area (Å²) < 4.78 is 0. The van der Waals surface area contributed by atoms with Gasteiger partial charge in [0.15, 0.2) is 5.96 Å². The molecule has 0 heterocycles. The summed E-state index contributed by atoms with van der Waals surface area (Å²) in [7, 11) is 0. The van der Waals surface area contributed by atoms with Gasteiger partial charge in [-0.1, -0.05) is 25.1 Å². The molecule has 2 aliphatic rings. The zero-order valence-electron chi connectivity index (χ0n) is 13.0. The highest BCUT2D eigenvalue weighted by Crippen LogP contribution is 2.28. The molecule has 4 heteroatoms. The minimum Gasteiger partial charge on any atom is -0.357 e. The second kappa shape index (κ2) is 7.47. The molecular weight excluding hydrogens is 373 g/mol. The molecule has 1 saturated carbocycles. The standard InChI is InChI=1S/C17H25N3.HI/c1-3-18-17(20-16-9-12(16)2)19-11-13-7-8-14-5-4-6-15(14)10-13;/h7-8,10,12,16H,3-6,9,11H2,1-2H3,(H2,18,19,20);1H. The number of aliphatic imine (C=N–C) groups is 1. The summed E-state index contributed by atoms with van der Waals surface area (Å²) in [6.45, 7) is 6.07. The molecule has 1 aromatic rings. The maximum Gasteiger partial charge on any atom is 0.191 e. The molecule has 116 valence electrons. The van der Waals surface area contributed by atoms with Crippen molar-refractivity contribution in [2.75, 3.05) is 6.54 Å². The van der Waals surface area contributed by atoms with Crippen LogP contribution in [0.25, 0.3) is 0 Å². The summed E-state index contributed by atoms with van der Waals surface area (Å²) in [6.07, 6.45) is 5.07. The Morgan fingerprint density at radius 2 is 2.05 bits per heavy atom. The van der Waals surface area contributed by atoms with Crippen molar-refractivity contribution in [3.05, 3.63) is 34.9 Å². The zero-order chi connectivity index (χ0) is 13.9. The fraction of sp³-hybridized carbons (Fsp3) is 0.588. The number of rotatable bonds is 4. The lowest BCUT2D eigenvalue weighted by molar-refractivity contribution is 0.766. The van der Waals surface area contributed by atoms with Gasteiger partial charge >= 0.3 is 0 Å². The van der Waals surface area contributed by atoms with Crippen LogP contribution in [0, 0.1) is 5.92 Å². The topological polar surface area (TPSA) is 36.4 Å². The SMILES string of the molecule is CCNC(=NCc1ccc2c(c1)CCC2)NC1CC1C.I. The first kappa shape index (κ1) is 16.6. The van der Waals surface area contributed by atoms with Gasteiger partial charge in [0, 0.05) is 12.6 Å². The number of halogens is 1. The second-order valence-corrected chi connectivity index (χ2v) is 6.12. The fourth-order valence-corrected chi connectivity index (χ4v) is 2.91. The third kappa shape index (κ3) is 4.34. The molecule has 2 aliphatic carbocycles. The highest BCUT2D eigenvalue weighted by molar-refractivity contribution is 14.0. The van der Waals surface area contributed by atoms with Crippen molar-refractivity contribution >= 4 is 29.9 Å². The number of nitrogens with zero attached hydrogens (tertiary/aromatic N) is 1. The van der Waals surface area contributed by atoms with Gasteiger partial charge in [0.05, 0.1) is 6.54 Å². The Kier molecular flexibility index (Phi) is 5.90. The lowest BCUT2D eigenvalue weighted by Crippen LogP contribution is -2.39. The monoisotopic (exact) mass is 399 g/mol. The lowest BCUT2D eigenvalue weighted by Gasteiger charge is -2.11. The van der Waals surface area contributed by atoms with Crippen LogP contribution in [0.5, 0.6) is 0 Å². The van der Waals surface area contributed by atoms with Gasteiger partial charge < -0.3 is 10.6 Å². The highest BCUT2D eigenvalue weighted by atomic mass is 127. The molecule has 1 aromatic carbocycles. The molecular formula is C17H26IN3. The molecule has 2 N–H and O–H groups in total. The van der Waals surface area contributed by atoms with Crippen LogP contribution < -0.4 is 10.6 Å². The van der Waals surface area contributed by atoms with Gasteiger partial charge in [-0.05, 0) is 55.2 Å². The Morgan fingerprint density at radius 3 is 2.76 bits per heavy atom. The van der Waals surface area contributed by atoms with Crippen LogP contribution in [0.1, 0.15) is 43.4 Å². The molecule has 3 rings (SSSR count). The second-order valence-electron chi connectivity index (χ2n) is 6.12. The van der Waals surface area contributed by atoms with E-state index in [1.807, 2.05) is 0 Å². The highest BCUT2D eigenvalue weighted by Gasteiger charge is 2.33. The van der Waals surface area contributed by atoms with Crippen LogP contribution >= 0.6 is 24.0 Å². The number of hydrogen-bond donors (Lipinski definition) is 2. The van der Waals surface area contributed by atoms with Crippen LogP contribution in [0.4, 0.5) is 0 Å². The van der Waals surface area contributed by atoms with Gasteiger partial charge in [0.1, 0.15) is 0 Å². The van der Waals surface area contributed by atoms with Gasteiger partial charge in [0.2, 0.25) is 0 Å². The van der Waals surface area contributed by atoms with Gasteiger partial charge in [-0.3, -0.25) is 0 Å². The van der Waals surface area contributed by atoms with E-state index in [0.29, 0.717) is 6.04 Å². The molecule has 0 spiro atoms. The smallest absolute Gasteiger partial charge is 0.191 e. The van der Waals surface area contributed by atoms with Crippen LogP contribution in [-0.4, -0.2) is 18.5 Å². The number of benzene rings is 1. The molecule has 0 amide bonds. The van der Waals surface area contributed by atoms with Crippen molar-refractivity contribution in [2.24, 2.45) is 10.9 Å². The molecule has 0 saturated heterocycles. The maximum atomic E-state index is 4.72. The van der Waals surface area contributed by atoms with Crippen molar-refractivity contribution in [1.29, 1.82) is 0 Å². The first-order chi connectivity index (χ1) is 9.76. The quantitative estimate of drug-likeness (QED) is 0.463. The van der Waals surface area contributed by atoms with E-state index < -0.39 is 0 Å². The summed E-state index contributed by atoms with van der Waals surface area (Å²) in [5.41, 5.74) is 4.40. The predicted octanol–water partition coefficient (Wildman–Crippen LogP) is 3.26. The van der Waals surface area contributed by atoms with Gasteiger partial charge in [-0.2, -0.15) is 0 Å². The van der Waals surface area contributed by atoms with Crippen LogP contribution in [0.15, 0.2) is 23.2 Å². The van der Waals surface area contributed by atoms with Crippen LogP contribution in [0.3, 0.4) is 0 Å². The molecule has 2 unspecified atom stereocenters. The third-order valence-corrected chi connectivity index (χ3v) is 4.36. The van der Waals surface area contributed by atoms with Crippen molar-refractivity contribution in [1.82, 2.24) is 10.6 Å². The largest absolute Gasteiger partial charge is 0.357 e. The van der Waals surface area contributed by atoms with Crippen molar-refractivity contribution in [3.8, 4) is 0 Å². The molecule has 0 radical (unpaired) electrons. The summed E-state index contributed by atoms with van der Waals surface area (Å²) in [4.78, 5) is 4.72. The molecule has 0 aliphatic heterocycles. The molecule has 0 aromatic heterocycles. The van der Waals surface area contributed by atoms with Crippen LogP contribution in [-0.2, 0) is 19.4 Å². The third-order valence-electron chi connectivity index (χ3n) is 4.36. The Morgan fingerprint density at radius 1 is 1.29 bits per heavy atom. The van der Waals surface area contributed by atoms with E-state index in [1.54, 1.807) is 0 Å². The number of hydrogen-bond acceptors (Lipinski definition) is 1. The summed E-state index contributed by atoms with van der Waals surface area (Å²) in [5, 5.41) is 6.84. The fourth-order valence-electron chi connectivity index (χ4n) is 2.91. The molecule has 0 bridgehead atoms. The minimum atomic E-state index is 0. The summed E-state index contributed by atoms with van der Waals surface area (Å²) in [6, 6.07) is 7.48. The van der Waals surface area contributed by atoms with E-state index in [4.69, 9.17) is 4.99 Å². The first-order valence-electron chi connectivity index (χ1n) is 7.92. The molecule has 21 heavy (non-hydrogen) atoms. The van der Waals surface area contributed by atoms with Crippen molar-refractivity contribution in [3.63, 3.8) is 0 Å². The number of nitrogens with one attached hydrogen (secondary N) is 2. The van der Waals surface area contributed by atoms with E-state index in [2.05, 4.69) is 42.7 Å². The van der Waals surface area contributed by atoms with E-state index >= 15 is 0 Å². The average Bonchev–Trinajstić information content (AvgIpc) is 2.95. The predicted molar refractivity (Wildman–Crippen MR) is 99.4 cm³/mol. The summed E-state index contributed by atoms with van der Waals surface area (Å²) >= 11 is 0. The Balaban J connectivity index is 0.00000161. The number of aryl methyl sites for hydroxylation is 2. The Bertz CT molecular complexity index is 513. The van der Waals surface area contributed by atoms with Crippen molar-refractivity contribution < 1.29 is 0 Å². The van der Waals surface area contributed by atoms with E-state index in [-0.39, 0.29) is 24.0 Å². The van der Waals surface area contributed by atoms with Crippen molar-refractivity contribution in [2.45, 2.75) is 52.1 Å². The number of fused-ring (bicyclic) bond motifs is 1. The maximum absolute atomic E-state index is 4.72. The normalized spacial score (nSPS) is 23.2. The minimum absolute atomic E-state index is 0. The number of guanidine groups is 1. The van der Waals surface area contributed by atoms with E-state index in [0.717, 1.165) is 25.0 Å². The Hall–Kier alpha value is -0.780. The van der Waals surface area contributed by atoms with Gasteiger partial charge in [-0.25, -0.2) is 4.99 Å². The first-order valence-corrected chi connectivity index (χ1v) is 7.92. The lowest BCUT2D eigenvalue weighted by atomic mass is 10.1. The zero-order valence-corrected chi connectivity index (χ0v) is 15.3. The van der Waals surface area contributed by atoms with E-state index in [1.165, 1.54) is 42.4 Å². The van der Waals surface area contributed by atoms with Gasteiger partial charge in [0.25, 0.3) is 0 Å². The van der Waals surface area contributed by atoms with Gasteiger partial charge in [-0.15, -0.1) is 24.0 Å². The molecule has 3 nitrogen and oxygen atoms in total. The summed E-state index contributed by atoms with van der Waals surface area (Å²) in [5.74, 6) is 1.75. The Labute approximate surface area is 145 Å². The average molecular weight is 399 g/mol. The molecule has 2 atom stereocenters. The van der Waals surface area contributed by atoms with E-state index in [9.17, 15) is 0 Å². The van der Waals surface area contributed by atoms with Crippen LogP contribution in [0.2, 0.25) is 0 Å².